The molecule has 1 atom stereocenters. The minimum Gasteiger partial charge on any atom is -0.351 e. The molecule has 0 saturated carbocycles. The molecular formula is C14H25N3O2. The van der Waals surface area contributed by atoms with E-state index in [0.717, 1.165) is 38.9 Å². The van der Waals surface area contributed by atoms with Gasteiger partial charge in [0.2, 0.25) is 11.8 Å². The zero-order valence-electron chi connectivity index (χ0n) is 11.9. The summed E-state index contributed by atoms with van der Waals surface area (Å²) < 4.78 is 0. The van der Waals surface area contributed by atoms with E-state index in [-0.39, 0.29) is 29.8 Å². The van der Waals surface area contributed by atoms with Crippen molar-refractivity contribution in [2.75, 3.05) is 19.6 Å². The van der Waals surface area contributed by atoms with Gasteiger partial charge in [0.1, 0.15) is 6.04 Å². The number of rotatable bonds is 4. The van der Waals surface area contributed by atoms with E-state index in [4.69, 9.17) is 0 Å². The van der Waals surface area contributed by atoms with Crippen LogP contribution in [0.25, 0.3) is 0 Å². The molecular weight excluding hydrogens is 242 g/mol. The third kappa shape index (κ3) is 3.47. The van der Waals surface area contributed by atoms with E-state index >= 15 is 0 Å². The predicted octanol–water partition coefficient (Wildman–Crippen LogP) is 0.502. The van der Waals surface area contributed by atoms with Crippen molar-refractivity contribution in [3.05, 3.63) is 0 Å². The van der Waals surface area contributed by atoms with Crippen molar-refractivity contribution in [1.82, 2.24) is 15.5 Å². The van der Waals surface area contributed by atoms with Crippen LogP contribution < -0.4 is 10.6 Å². The fourth-order valence-corrected chi connectivity index (χ4v) is 3.02. The van der Waals surface area contributed by atoms with Crippen LogP contribution in [0.3, 0.4) is 0 Å². The number of likely N-dealkylation sites (tertiary alicyclic amines) is 1. The molecule has 2 heterocycles. The van der Waals surface area contributed by atoms with Gasteiger partial charge in [-0.2, -0.15) is 0 Å². The fourth-order valence-electron chi connectivity index (χ4n) is 3.02. The molecule has 2 aliphatic heterocycles. The van der Waals surface area contributed by atoms with Crippen molar-refractivity contribution >= 4 is 11.8 Å². The first-order chi connectivity index (χ1) is 9.09. The molecule has 5 heteroatoms. The van der Waals surface area contributed by atoms with Gasteiger partial charge >= 0.3 is 0 Å². The Morgan fingerprint density at radius 3 is 2.58 bits per heavy atom. The van der Waals surface area contributed by atoms with Crippen LogP contribution in [0.15, 0.2) is 0 Å². The van der Waals surface area contributed by atoms with Gasteiger partial charge in [0, 0.05) is 19.0 Å². The highest BCUT2D eigenvalue weighted by Gasteiger charge is 2.35. The number of carbonyl (C=O) groups excluding carboxylic acids is 2. The highest BCUT2D eigenvalue weighted by molar-refractivity contribution is 5.88. The molecule has 0 aromatic heterocycles. The summed E-state index contributed by atoms with van der Waals surface area (Å²) in [5.74, 6) is 0.306. The maximum Gasteiger partial charge on any atom is 0.243 e. The Balaban J connectivity index is 1.97. The molecule has 2 saturated heterocycles. The average Bonchev–Trinajstić information content (AvgIpc) is 2.77. The van der Waals surface area contributed by atoms with Crippen LogP contribution in [0, 0.1) is 5.92 Å². The number of hydrogen-bond acceptors (Lipinski definition) is 3. The van der Waals surface area contributed by atoms with Gasteiger partial charge in [0.15, 0.2) is 0 Å². The van der Waals surface area contributed by atoms with Crippen molar-refractivity contribution in [2.24, 2.45) is 5.92 Å². The molecule has 0 radical (unpaired) electrons. The number of carbonyl (C=O) groups is 2. The fraction of sp³-hybridized carbons (Fsp3) is 0.857. The Morgan fingerprint density at radius 1 is 1.37 bits per heavy atom. The number of amides is 2. The van der Waals surface area contributed by atoms with Gasteiger partial charge in [-0.3, -0.25) is 9.59 Å². The zero-order valence-corrected chi connectivity index (χ0v) is 11.9. The summed E-state index contributed by atoms with van der Waals surface area (Å²) in [6.45, 7) is 6.66. The van der Waals surface area contributed by atoms with E-state index in [0.29, 0.717) is 6.42 Å². The number of piperidine rings is 1. The van der Waals surface area contributed by atoms with E-state index in [9.17, 15) is 9.59 Å². The summed E-state index contributed by atoms with van der Waals surface area (Å²) >= 11 is 0. The molecule has 0 spiro atoms. The monoisotopic (exact) mass is 267 g/mol. The standard InChI is InChI=1S/C14H25N3O2/c1-10(2)13(17-9-3-4-12(17)18)14(19)16-11-5-7-15-8-6-11/h10-11,13,15H,3-9H2,1-2H3,(H,16,19). The van der Waals surface area contributed by atoms with E-state index < -0.39 is 0 Å². The molecule has 0 aromatic rings. The summed E-state index contributed by atoms with van der Waals surface area (Å²) in [7, 11) is 0. The molecule has 0 aromatic carbocycles. The maximum atomic E-state index is 12.5. The lowest BCUT2D eigenvalue weighted by Crippen LogP contribution is -2.54. The minimum absolute atomic E-state index is 0.0251. The summed E-state index contributed by atoms with van der Waals surface area (Å²) in [4.78, 5) is 26.1. The first-order valence-electron chi connectivity index (χ1n) is 7.40. The number of nitrogens with one attached hydrogen (secondary N) is 2. The smallest absolute Gasteiger partial charge is 0.243 e. The molecule has 2 rings (SSSR count). The minimum atomic E-state index is -0.301. The normalized spacial score (nSPS) is 22.9. The van der Waals surface area contributed by atoms with Crippen LogP contribution >= 0.6 is 0 Å². The predicted molar refractivity (Wildman–Crippen MR) is 73.6 cm³/mol. The summed E-state index contributed by atoms with van der Waals surface area (Å²) in [5, 5.41) is 6.41. The second-order valence-electron chi connectivity index (χ2n) is 5.91. The Bertz CT molecular complexity index is 338. The van der Waals surface area contributed by atoms with Crippen LogP contribution in [-0.2, 0) is 9.59 Å². The van der Waals surface area contributed by atoms with Gasteiger partial charge in [-0.05, 0) is 38.3 Å². The third-order valence-electron chi connectivity index (χ3n) is 4.03. The topological polar surface area (TPSA) is 61.4 Å². The third-order valence-corrected chi connectivity index (χ3v) is 4.03. The number of nitrogens with zero attached hydrogens (tertiary/aromatic N) is 1. The maximum absolute atomic E-state index is 12.5. The van der Waals surface area contributed by atoms with E-state index in [1.54, 1.807) is 4.90 Å². The largest absolute Gasteiger partial charge is 0.351 e. The first-order valence-corrected chi connectivity index (χ1v) is 7.40. The highest BCUT2D eigenvalue weighted by atomic mass is 16.2. The first kappa shape index (κ1) is 14.3. The molecule has 1 unspecified atom stereocenters. The highest BCUT2D eigenvalue weighted by Crippen LogP contribution is 2.19. The van der Waals surface area contributed by atoms with Crippen molar-refractivity contribution in [1.29, 1.82) is 0 Å². The zero-order chi connectivity index (χ0) is 13.8. The van der Waals surface area contributed by atoms with Crippen LogP contribution in [0.1, 0.15) is 39.5 Å². The Labute approximate surface area is 115 Å². The van der Waals surface area contributed by atoms with Crippen molar-refractivity contribution in [3.63, 3.8) is 0 Å². The number of hydrogen-bond donors (Lipinski definition) is 2. The lowest BCUT2D eigenvalue weighted by atomic mass is 10.00. The molecule has 2 aliphatic rings. The van der Waals surface area contributed by atoms with Gasteiger partial charge in [0.25, 0.3) is 0 Å². The Hall–Kier alpha value is -1.10. The van der Waals surface area contributed by atoms with Gasteiger partial charge in [0.05, 0.1) is 0 Å². The molecule has 0 aliphatic carbocycles. The van der Waals surface area contributed by atoms with E-state index in [1.807, 2.05) is 13.8 Å². The van der Waals surface area contributed by atoms with Crippen LogP contribution in [0.5, 0.6) is 0 Å². The average molecular weight is 267 g/mol. The quantitative estimate of drug-likeness (QED) is 0.780. The van der Waals surface area contributed by atoms with Gasteiger partial charge in [-0.1, -0.05) is 13.8 Å². The lowest BCUT2D eigenvalue weighted by Gasteiger charge is -2.32. The summed E-state index contributed by atoms with van der Waals surface area (Å²) in [6, 6.07) is -0.0439. The summed E-state index contributed by atoms with van der Waals surface area (Å²) in [6.07, 6.45) is 3.42. The van der Waals surface area contributed by atoms with Crippen molar-refractivity contribution in [3.8, 4) is 0 Å². The van der Waals surface area contributed by atoms with Gasteiger partial charge in [-0.15, -0.1) is 0 Å². The second-order valence-corrected chi connectivity index (χ2v) is 5.91. The molecule has 2 N–H and O–H groups in total. The van der Waals surface area contributed by atoms with Crippen LogP contribution in [0.2, 0.25) is 0 Å². The Morgan fingerprint density at radius 2 is 2.05 bits per heavy atom. The molecule has 2 amide bonds. The van der Waals surface area contributed by atoms with Crippen LogP contribution in [-0.4, -0.2) is 48.4 Å². The molecule has 5 nitrogen and oxygen atoms in total. The van der Waals surface area contributed by atoms with Gasteiger partial charge < -0.3 is 15.5 Å². The van der Waals surface area contributed by atoms with Crippen LogP contribution in [0.4, 0.5) is 0 Å². The van der Waals surface area contributed by atoms with Crippen molar-refractivity contribution in [2.45, 2.75) is 51.6 Å². The molecule has 19 heavy (non-hydrogen) atoms. The van der Waals surface area contributed by atoms with Gasteiger partial charge in [-0.25, -0.2) is 0 Å². The van der Waals surface area contributed by atoms with Crippen molar-refractivity contribution < 1.29 is 9.59 Å². The molecule has 0 bridgehead atoms. The van der Waals surface area contributed by atoms with E-state index in [1.165, 1.54) is 0 Å². The lowest BCUT2D eigenvalue weighted by molar-refractivity contribution is -0.139. The Kier molecular flexibility index (Phi) is 4.80. The molecule has 108 valence electrons. The van der Waals surface area contributed by atoms with E-state index in [2.05, 4.69) is 10.6 Å². The second kappa shape index (κ2) is 6.37. The SMILES string of the molecule is CC(C)C(C(=O)NC1CCNCC1)N1CCCC1=O. The molecule has 2 fully saturated rings. The summed E-state index contributed by atoms with van der Waals surface area (Å²) in [5.41, 5.74) is 0.